The Bertz CT molecular complexity index is 429. The van der Waals surface area contributed by atoms with Crippen LogP contribution in [0.2, 0.25) is 0 Å². The van der Waals surface area contributed by atoms with Gasteiger partial charge in [0, 0.05) is 18.8 Å². The molecule has 84 valence electrons. The zero-order chi connectivity index (χ0) is 12.0. The van der Waals surface area contributed by atoms with Gasteiger partial charge in [-0.25, -0.2) is 4.98 Å². The minimum absolute atomic E-state index is 0.521. The number of aromatic nitrogens is 1. The molecule has 0 aromatic carbocycles. The molecule has 0 radical (unpaired) electrons. The summed E-state index contributed by atoms with van der Waals surface area (Å²) < 4.78 is 0. The van der Waals surface area contributed by atoms with Gasteiger partial charge >= 0.3 is 0 Å². The molecule has 0 unspecified atom stereocenters. The van der Waals surface area contributed by atoms with E-state index in [-0.39, 0.29) is 0 Å². The average Bonchev–Trinajstić information content (AvgIpc) is 2.24. The van der Waals surface area contributed by atoms with Gasteiger partial charge in [-0.3, -0.25) is 0 Å². The quantitative estimate of drug-likeness (QED) is 0.748. The molecule has 1 rings (SSSR count). The molecule has 0 fully saturated rings. The van der Waals surface area contributed by atoms with Gasteiger partial charge in [0.15, 0.2) is 0 Å². The van der Waals surface area contributed by atoms with Gasteiger partial charge in [0.1, 0.15) is 11.9 Å². The molecule has 16 heavy (non-hydrogen) atoms. The van der Waals surface area contributed by atoms with Crippen molar-refractivity contribution < 1.29 is 0 Å². The minimum atomic E-state index is 0.521. The highest BCUT2D eigenvalue weighted by atomic mass is 15.0. The molecule has 0 amide bonds. The molecule has 1 aromatic rings. The summed E-state index contributed by atoms with van der Waals surface area (Å²) in [4.78, 5) is 4.30. The summed E-state index contributed by atoms with van der Waals surface area (Å²) in [6, 6.07) is 4.06. The summed E-state index contributed by atoms with van der Waals surface area (Å²) in [5.74, 6) is 0.640. The van der Waals surface area contributed by atoms with Crippen LogP contribution in [0.4, 0.5) is 5.82 Å². The standard InChI is InChI=1S/C12H16N4/c1-9-7-10(2)16-12(11(9)8-14)15-6-4-3-5-13/h3-4,7H,5-6,13H2,1-2H3,(H,15,16)/b4-3+. The van der Waals surface area contributed by atoms with Gasteiger partial charge < -0.3 is 11.1 Å². The van der Waals surface area contributed by atoms with Crippen LogP contribution in [0.15, 0.2) is 18.2 Å². The third-order valence-electron chi connectivity index (χ3n) is 2.15. The third kappa shape index (κ3) is 3.07. The SMILES string of the molecule is Cc1cc(C)c(C#N)c(NC/C=C/CN)n1. The Morgan fingerprint density at radius 1 is 1.50 bits per heavy atom. The second kappa shape index (κ2) is 5.89. The van der Waals surface area contributed by atoms with Crippen molar-refractivity contribution in [1.29, 1.82) is 5.26 Å². The second-order valence-corrected chi connectivity index (χ2v) is 3.50. The van der Waals surface area contributed by atoms with Crippen LogP contribution >= 0.6 is 0 Å². The van der Waals surface area contributed by atoms with Crippen LogP contribution in [0.25, 0.3) is 0 Å². The fourth-order valence-corrected chi connectivity index (χ4v) is 1.44. The maximum atomic E-state index is 9.02. The van der Waals surface area contributed by atoms with Crippen LogP contribution in [-0.4, -0.2) is 18.1 Å². The van der Waals surface area contributed by atoms with Crippen LogP contribution in [0.3, 0.4) is 0 Å². The molecular formula is C12H16N4. The highest BCUT2D eigenvalue weighted by Crippen LogP contribution is 2.17. The van der Waals surface area contributed by atoms with E-state index < -0.39 is 0 Å². The number of hydrogen-bond acceptors (Lipinski definition) is 4. The molecule has 0 bridgehead atoms. The molecule has 4 nitrogen and oxygen atoms in total. The maximum Gasteiger partial charge on any atom is 0.144 e. The minimum Gasteiger partial charge on any atom is -0.365 e. The van der Waals surface area contributed by atoms with Crippen LogP contribution < -0.4 is 11.1 Å². The van der Waals surface area contributed by atoms with Crippen molar-refractivity contribution in [3.05, 3.63) is 35.0 Å². The Balaban J connectivity index is 2.86. The number of anilines is 1. The normalized spacial score (nSPS) is 10.4. The lowest BCUT2D eigenvalue weighted by atomic mass is 10.1. The van der Waals surface area contributed by atoms with Gasteiger partial charge in [-0.2, -0.15) is 5.26 Å². The number of rotatable bonds is 4. The van der Waals surface area contributed by atoms with E-state index in [9.17, 15) is 0 Å². The fourth-order valence-electron chi connectivity index (χ4n) is 1.44. The fraction of sp³-hybridized carbons (Fsp3) is 0.333. The van der Waals surface area contributed by atoms with E-state index in [2.05, 4.69) is 16.4 Å². The summed E-state index contributed by atoms with van der Waals surface area (Å²) >= 11 is 0. The zero-order valence-electron chi connectivity index (χ0n) is 9.62. The van der Waals surface area contributed by atoms with Crippen molar-refractivity contribution in [2.45, 2.75) is 13.8 Å². The maximum absolute atomic E-state index is 9.02. The van der Waals surface area contributed by atoms with Crippen LogP contribution in [0.1, 0.15) is 16.8 Å². The first-order valence-corrected chi connectivity index (χ1v) is 5.16. The molecule has 0 aliphatic carbocycles. The van der Waals surface area contributed by atoms with Gasteiger partial charge in [0.2, 0.25) is 0 Å². The predicted molar refractivity (Wildman–Crippen MR) is 65.1 cm³/mol. The number of aryl methyl sites for hydroxylation is 2. The van der Waals surface area contributed by atoms with Crippen LogP contribution in [0, 0.1) is 25.2 Å². The van der Waals surface area contributed by atoms with Crippen molar-refractivity contribution in [3.8, 4) is 6.07 Å². The number of nitriles is 1. The van der Waals surface area contributed by atoms with E-state index in [1.165, 1.54) is 0 Å². The molecule has 3 N–H and O–H groups in total. The van der Waals surface area contributed by atoms with Crippen molar-refractivity contribution in [2.75, 3.05) is 18.4 Å². The Morgan fingerprint density at radius 3 is 2.88 bits per heavy atom. The van der Waals surface area contributed by atoms with Gasteiger partial charge in [-0.05, 0) is 25.5 Å². The third-order valence-corrected chi connectivity index (χ3v) is 2.15. The number of hydrogen-bond donors (Lipinski definition) is 2. The molecule has 1 heterocycles. The van der Waals surface area contributed by atoms with Crippen LogP contribution in [0.5, 0.6) is 0 Å². The Hall–Kier alpha value is -1.86. The smallest absolute Gasteiger partial charge is 0.144 e. The Morgan fingerprint density at radius 2 is 2.25 bits per heavy atom. The lowest BCUT2D eigenvalue weighted by Crippen LogP contribution is -2.06. The van der Waals surface area contributed by atoms with E-state index in [0.29, 0.717) is 24.5 Å². The summed E-state index contributed by atoms with van der Waals surface area (Å²) in [6.07, 6.45) is 3.78. The predicted octanol–water partition coefficient (Wildman–Crippen LogP) is 1.50. The highest BCUT2D eigenvalue weighted by molar-refractivity contribution is 5.56. The summed E-state index contributed by atoms with van der Waals surface area (Å²) in [5, 5.41) is 12.1. The molecular weight excluding hydrogens is 200 g/mol. The Kier molecular flexibility index (Phi) is 4.49. The number of nitrogens with two attached hydrogens (primary N) is 1. The first-order valence-electron chi connectivity index (χ1n) is 5.16. The molecule has 0 aliphatic heterocycles. The second-order valence-electron chi connectivity index (χ2n) is 3.50. The van der Waals surface area contributed by atoms with Crippen molar-refractivity contribution in [1.82, 2.24) is 4.98 Å². The van der Waals surface area contributed by atoms with Gasteiger partial charge in [0.05, 0.1) is 5.56 Å². The lowest BCUT2D eigenvalue weighted by molar-refractivity contribution is 1.13. The van der Waals surface area contributed by atoms with Crippen molar-refractivity contribution in [2.24, 2.45) is 5.73 Å². The molecule has 0 atom stereocenters. The summed E-state index contributed by atoms with van der Waals surface area (Å²) in [6.45, 7) is 4.97. The van der Waals surface area contributed by atoms with E-state index >= 15 is 0 Å². The number of pyridine rings is 1. The summed E-state index contributed by atoms with van der Waals surface area (Å²) in [7, 11) is 0. The lowest BCUT2D eigenvalue weighted by Gasteiger charge is -2.08. The van der Waals surface area contributed by atoms with Gasteiger partial charge in [0.25, 0.3) is 0 Å². The van der Waals surface area contributed by atoms with Gasteiger partial charge in [-0.1, -0.05) is 12.2 Å². The van der Waals surface area contributed by atoms with E-state index in [4.69, 9.17) is 11.0 Å². The molecule has 0 saturated carbocycles. The first kappa shape index (κ1) is 12.2. The number of nitrogens with one attached hydrogen (secondary N) is 1. The first-order chi connectivity index (χ1) is 7.69. The topological polar surface area (TPSA) is 74.7 Å². The van der Waals surface area contributed by atoms with E-state index in [0.717, 1.165) is 11.3 Å². The molecule has 0 saturated heterocycles. The van der Waals surface area contributed by atoms with Crippen LogP contribution in [-0.2, 0) is 0 Å². The number of nitrogens with zero attached hydrogens (tertiary/aromatic N) is 2. The molecule has 1 aromatic heterocycles. The highest BCUT2D eigenvalue weighted by Gasteiger charge is 2.06. The van der Waals surface area contributed by atoms with E-state index in [1.54, 1.807) is 0 Å². The van der Waals surface area contributed by atoms with Gasteiger partial charge in [-0.15, -0.1) is 0 Å². The molecule has 4 heteroatoms. The summed E-state index contributed by atoms with van der Waals surface area (Å²) in [5.41, 5.74) is 7.78. The Labute approximate surface area is 95.8 Å². The van der Waals surface area contributed by atoms with Crippen molar-refractivity contribution >= 4 is 5.82 Å². The van der Waals surface area contributed by atoms with Crippen molar-refractivity contribution in [3.63, 3.8) is 0 Å². The zero-order valence-corrected chi connectivity index (χ0v) is 9.62. The van der Waals surface area contributed by atoms with E-state index in [1.807, 2.05) is 32.1 Å². The molecule has 0 spiro atoms. The largest absolute Gasteiger partial charge is 0.365 e. The molecule has 0 aliphatic rings. The monoisotopic (exact) mass is 216 g/mol. The average molecular weight is 216 g/mol.